The van der Waals surface area contributed by atoms with Crippen LogP contribution in [-0.4, -0.2) is 5.71 Å². The van der Waals surface area contributed by atoms with Crippen LogP contribution in [0.1, 0.15) is 16.7 Å². The smallest absolute Gasteiger partial charge is 0.153 e. The fourth-order valence-electron chi connectivity index (χ4n) is 2.73. The number of aryl methyl sites for hydroxylation is 1. The number of ether oxygens (including phenoxy) is 1. The van der Waals surface area contributed by atoms with Gasteiger partial charge in [0.25, 0.3) is 0 Å². The molecule has 24 heavy (non-hydrogen) atoms. The monoisotopic (exact) mass is 311 g/mol. The summed E-state index contributed by atoms with van der Waals surface area (Å²) in [6, 6.07) is 26.4. The third-order valence-electron chi connectivity index (χ3n) is 3.97. The van der Waals surface area contributed by atoms with Gasteiger partial charge in [0.1, 0.15) is 11.4 Å². The number of aliphatic imine (C=N–C) groups is 1. The van der Waals surface area contributed by atoms with Gasteiger partial charge in [-0.15, -0.1) is 0 Å². The van der Waals surface area contributed by atoms with Gasteiger partial charge in [0.05, 0.1) is 5.71 Å². The highest BCUT2D eigenvalue weighted by atomic mass is 16.5. The molecule has 0 fully saturated rings. The third kappa shape index (κ3) is 2.86. The zero-order chi connectivity index (χ0) is 16.4. The summed E-state index contributed by atoms with van der Waals surface area (Å²) in [5.41, 5.74) is 5.01. The molecule has 2 nitrogen and oxygen atoms in total. The van der Waals surface area contributed by atoms with Crippen LogP contribution in [0.4, 0.5) is 5.69 Å². The average molecular weight is 311 g/mol. The summed E-state index contributed by atoms with van der Waals surface area (Å²) in [5, 5.41) is 0. The Labute approximate surface area is 141 Å². The van der Waals surface area contributed by atoms with E-state index in [1.54, 1.807) is 0 Å². The fraction of sp³-hybridized carbons (Fsp3) is 0.0455. The summed E-state index contributed by atoms with van der Waals surface area (Å²) < 4.78 is 6.22. The van der Waals surface area contributed by atoms with Crippen molar-refractivity contribution in [2.24, 2.45) is 4.99 Å². The second-order valence-electron chi connectivity index (χ2n) is 5.81. The molecular weight excluding hydrogens is 294 g/mol. The first kappa shape index (κ1) is 14.5. The maximum absolute atomic E-state index is 6.22. The minimum absolute atomic E-state index is 0.788. The molecule has 1 heterocycles. The molecule has 0 aliphatic carbocycles. The van der Waals surface area contributed by atoms with Gasteiger partial charge in [0.15, 0.2) is 5.75 Å². The van der Waals surface area contributed by atoms with Crippen LogP contribution in [0.3, 0.4) is 0 Å². The molecule has 0 spiro atoms. The van der Waals surface area contributed by atoms with Gasteiger partial charge in [-0.1, -0.05) is 66.7 Å². The Morgan fingerprint density at radius 2 is 1.42 bits per heavy atom. The van der Waals surface area contributed by atoms with Gasteiger partial charge in [0, 0.05) is 17.2 Å². The number of hydrogen-bond acceptors (Lipinski definition) is 2. The molecule has 1 aliphatic rings. The van der Waals surface area contributed by atoms with Crippen molar-refractivity contribution in [3.63, 3.8) is 0 Å². The van der Waals surface area contributed by atoms with Crippen LogP contribution in [0.5, 0.6) is 5.75 Å². The molecular formula is C22H17NO. The maximum atomic E-state index is 6.22. The number of allylic oxidation sites excluding steroid dienone is 1. The van der Waals surface area contributed by atoms with E-state index in [4.69, 9.17) is 9.73 Å². The predicted octanol–water partition coefficient (Wildman–Crippen LogP) is 5.55. The number of fused-ring (bicyclic) bond motifs is 1. The van der Waals surface area contributed by atoms with Crippen molar-refractivity contribution in [1.29, 1.82) is 0 Å². The molecule has 1 aliphatic heterocycles. The number of nitrogens with zero attached hydrogens (tertiary/aromatic N) is 1. The first-order valence-electron chi connectivity index (χ1n) is 7.99. The molecule has 0 saturated heterocycles. The Balaban J connectivity index is 1.90. The molecule has 0 saturated carbocycles. The summed E-state index contributed by atoms with van der Waals surface area (Å²) in [7, 11) is 0. The number of benzene rings is 3. The average Bonchev–Trinajstić information content (AvgIpc) is 2.82. The van der Waals surface area contributed by atoms with Gasteiger partial charge in [-0.3, -0.25) is 0 Å². The van der Waals surface area contributed by atoms with Gasteiger partial charge < -0.3 is 4.74 Å². The van der Waals surface area contributed by atoms with Gasteiger partial charge >= 0.3 is 0 Å². The molecule has 3 aromatic carbocycles. The molecule has 0 amide bonds. The van der Waals surface area contributed by atoms with Gasteiger partial charge in [-0.05, 0) is 24.6 Å². The molecule has 0 aromatic heterocycles. The largest absolute Gasteiger partial charge is 0.454 e. The topological polar surface area (TPSA) is 21.6 Å². The first-order valence-corrected chi connectivity index (χ1v) is 7.99. The molecule has 0 unspecified atom stereocenters. The Bertz CT molecular complexity index is 925. The van der Waals surface area contributed by atoms with Crippen molar-refractivity contribution in [1.82, 2.24) is 0 Å². The van der Waals surface area contributed by atoms with Crippen molar-refractivity contribution in [3.05, 3.63) is 102 Å². The summed E-state index contributed by atoms with van der Waals surface area (Å²) in [5.74, 6) is 1.60. The number of rotatable bonds is 2. The lowest BCUT2D eigenvalue weighted by atomic mass is 10.1. The maximum Gasteiger partial charge on any atom is 0.153 e. The standard InChI is InChI=1S/C22H17NO/c1-16-12-13-19-22(14-16)24-21(18-10-6-3-7-11-18)15-20(23-19)17-8-4-2-5-9-17/h2-15H,1H3. The van der Waals surface area contributed by atoms with E-state index in [-0.39, 0.29) is 0 Å². The minimum Gasteiger partial charge on any atom is -0.454 e. The first-order chi connectivity index (χ1) is 11.8. The SMILES string of the molecule is Cc1ccc2c(c1)OC(c1ccccc1)=CC(c1ccccc1)=N2. The zero-order valence-electron chi connectivity index (χ0n) is 13.4. The van der Waals surface area contributed by atoms with Crippen LogP contribution >= 0.6 is 0 Å². The molecule has 116 valence electrons. The van der Waals surface area contributed by atoms with Crippen LogP contribution < -0.4 is 4.74 Å². The van der Waals surface area contributed by atoms with Crippen LogP contribution in [0.15, 0.2) is 89.9 Å². The highest BCUT2D eigenvalue weighted by Crippen LogP contribution is 2.35. The summed E-state index contributed by atoms with van der Waals surface area (Å²) in [6.45, 7) is 2.06. The Morgan fingerprint density at radius 1 is 0.750 bits per heavy atom. The van der Waals surface area contributed by atoms with Crippen LogP contribution in [0, 0.1) is 6.92 Å². The Morgan fingerprint density at radius 3 is 2.12 bits per heavy atom. The van der Waals surface area contributed by atoms with Crippen LogP contribution in [0.25, 0.3) is 5.76 Å². The van der Waals surface area contributed by atoms with E-state index in [0.717, 1.165) is 39.6 Å². The van der Waals surface area contributed by atoms with Crippen LogP contribution in [-0.2, 0) is 0 Å². The quantitative estimate of drug-likeness (QED) is 0.608. The van der Waals surface area contributed by atoms with E-state index in [1.165, 1.54) is 0 Å². The van der Waals surface area contributed by atoms with Crippen molar-refractivity contribution in [3.8, 4) is 5.75 Å². The fourth-order valence-corrected chi connectivity index (χ4v) is 2.73. The van der Waals surface area contributed by atoms with E-state index in [0.29, 0.717) is 0 Å². The second kappa shape index (κ2) is 6.17. The summed E-state index contributed by atoms with van der Waals surface area (Å²) in [6.07, 6.45) is 2.01. The minimum atomic E-state index is 0.788. The molecule has 4 rings (SSSR count). The van der Waals surface area contributed by atoms with E-state index in [2.05, 4.69) is 37.3 Å². The molecule has 0 N–H and O–H groups in total. The molecule has 0 atom stereocenters. The van der Waals surface area contributed by atoms with Crippen molar-refractivity contribution in [2.75, 3.05) is 0 Å². The molecule has 0 radical (unpaired) electrons. The molecule has 2 heteroatoms. The van der Waals surface area contributed by atoms with Gasteiger partial charge in [-0.25, -0.2) is 4.99 Å². The Hall–Kier alpha value is -3.13. The summed E-state index contributed by atoms with van der Waals surface area (Å²) >= 11 is 0. The van der Waals surface area contributed by atoms with Gasteiger partial charge in [0.2, 0.25) is 0 Å². The predicted molar refractivity (Wildman–Crippen MR) is 98.9 cm³/mol. The Kier molecular flexibility index (Phi) is 3.72. The van der Waals surface area contributed by atoms with E-state index in [1.807, 2.05) is 54.6 Å². The molecule has 3 aromatic rings. The number of hydrogen-bond donors (Lipinski definition) is 0. The second-order valence-corrected chi connectivity index (χ2v) is 5.81. The lowest BCUT2D eigenvalue weighted by Crippen LogP contribution is -1.99. The third-order valence-corrected chi connectivity index (χ3v) is 3.97. The highest BCUT2D eigenvalue weighted by Gasteiger charge is 2.15. The van der Waals surface area contributed by atoms with Crippen molar-refractivity contribution >= 4 is 17.2 Å². The van der Waals surface area contributed by atoms with E-state index < -0.39 is 0 Å². The van der Waals surface area contributed by atoms with Gasteiger partial charge in [-0.2, -0.15) is 0 Å². The summed E-state index contributed by atoms with van der Waals surface area (Å²) in [4.78, 5) is 4.84. The van der Waals surface area contributed by atoms with Crippen LogP contribution in [0.2, 0.25) is 0 Å². The van der Waals surface area contributed by atoms with E-state index >= 15 is 0 Å². The zero-order valence-corrected chi connectivity index (χ0v) is 13.4. The lowest BCUT2D eigenvalue weighted by Gasteiger charge is -2.10. The van der Waals surface area contributed by atoms with E-state index in [9.17, 15) is 0 Å². The highest BCUT2D eigenvalue weighted by molar-refractivity contribution is 6.13. The van der Waals surface area contributed by atoms with Crippen molar-refractivity contribution < 1.29 is 4.74 Å². The molecule has 0 bridgehead atoms. The lowest BCUT2D eigenvalue weighted by molar-refractivity contribution is 0.518. The van der Waals surface area contributed by atoms with Crippen molar-refractivity contribution in [2.45, 2.75) is 6.92 Å². The normalized spacial score (nSPS) is 13.2.